The Morgan fingerprint density at radius 2 is 1.66 bits per heavy atom. The number of nitrogens with one attached hydrogen (secondary N) is 2. The summed E-state index contributed by atoms with van der Waals surface area (Å²) in [5, 5.41) is 3.22. The second-order valence-electron chi connectivity index (χ2n) is 7.40. The Bertz CT molecular complexity index is 1330. The van der Waals surface area contributed by atoms with Crippen LogP contribution in [0.1, 0.15) is 45.5 Å². The highest BCUT2D eigenvalue weighted by molar-refractivity contribution is 6.23. The van der Waals surface area contributed by atoms with E-state index in [1.165, 1.54) is 10.1 Å². The van der Waals surface area contributed by atoms with Crippen LogP contribution in [0.4, 0.5) is 5.82 Å². The van der Waals surface area contributed by atoms with E-state index in [1.807, 2.05) is 42.5 Å². The van der Waals surface area contributed by atoms with Crippen LogP contribution in [0.25, 0.3) is 5.70 Å². The molecule has 0 radical (unpaired) electrons. The summed E-state index contributed by atoms with van der Waals surface area (Å²) < 4.78 is 1.39. The number of allylic oxidation sites excluding steroid dienone is 1. The van der Waals surface area contributed by atoms with E-state index in [4.69, 9.17) is 0 Å². The zero-order valence-electron chi connectivity index (χ0n) is 16.1. The molecule has 0 fully saturated rings. The van der Waals surface area contributed by atoms with Crippen LogP contribution in [0.15, 0.2) is 63.7 Å². The Labute approximate surface area is 166 Å². The number of hydrogen-bond donors (Lipinski definition) is 2. The van der Waals surface area contributed by atoms with Gasteiger partial charge in [-0.15, -0.1) is 0 Å². The molecule has 0 bridgehead atoms. The normalized spacial score (nSPS) is 16.9. The number of nitrogens with zero attached hydrogens (tertiary/aromatic N) is 1. The van der Waals surface area contributed by atoms with Crippen molar-refractivity contribution < 1.29 is 4.79 Å². The molecular weight excluding hydrogens is 366 g/mol. The molecule has 1 atom stereocenters. The number of carbonyl (C=O) groups excluding carboxylic acids is 1. The van der Waals surface area contributed by atoms with Gasteiger partial charge in [0.1, 0.15) is 5.82 Å². The SMILES string of the molecule is CCc1ccc([C@@H]2C3=C(Nc4c2c(=O)[nH]c(=O)n4C)c2ccccc2C3=O)cc1. The second kappa shape index (κ2) is 6.17. The summed E-state index contributed by atoms with van der Waals surface area (Å²) in [5.74, 6) is -0.222. The van der Waals surface area contributed by atoms with Crippen LogP contribution in [-0.2, 0) is 13.5 Å². The fraction of sp³-hybridized carbons (Fsp3) is 0.174. The minimum absolute atomic E-state index is 0.0911. The standard InChI is InChI=1S/C23H19N3O3/c1-3-12-8-10-13(11-9-12)16-17-19(14-6-4-5-7-15(14)20(17)27)24-21-18(16)22(28)25-23(29)26(21)2/h4-11,16,24H,3H2,1-2H3,(H,25,28,29)/t16-/m1/s1. The maximum atomic E-state index is 13.3. The monoisotopic (exact) mass is 385 g/mol. The van der Waals surface area contributed by atoms with Crippen molar-refractivity contribution in [1.29, 1.82) is 0 Å². The molecule has 0 saturated carbocycles. The average molecular weight is 385 g/mol. The van der Waals surface area contributed by atoms with Crippen LogP contribution in [0, 0.1) is 0 Å². The van der Waals surface area contributed by atoms with Gasteiger partial charge in [0, 0.05) is 29.7 Å². The number of anilines is 1. The molecule has 2 heterocycles. The molecule has 2 aromatic carbocycles. The zero-order chi connectivity index (χ0) is 20.3. The first-order chi connectivity index (χ1) is 14.0. The van der Waals surface area contributed by atoms with Crippen molar-refractivity contribution in [3.8, 4) is 0 Å². The lowest BCUT2D eigenvalue weighted by atomic mass is 9.81. The largest absolute Gasteiger partial charge is 0.340 e. The fourth-order valence-electron chi connectivity index (χ4n) is 4.31. The Balaban J connectivity index is 1.83. The summed E-state index contributed by atoms with van der Waals surface area (Å²) in [6.07, 6.45) is 0.899. The number of Topliss-reactive ketones (excluding diaryl/α,β-unsaturated/α-hetero) is 1. The molecule has 2 aliphatic rings. The van der Waals surface area contributed by atoms with Gasteiger partial charge >= 0.3 is 5.69 Å². The van der Waals surface area contributed by atoms with Gasteiger partial charge in [-0.3, -0.25) is 19.1 Å². The predicted octanol–water partition coefficient (Wildman–Crippen LogP) is 2.80. The van der Waals surface area contributed by atoms with E-state index in [2.05, 4.69) is 17.2 Å². The van der Waals surface area contributed by atoms with E-state index in [0.29, 0.717) is 28.2 Å². The van der Waals surface area contributed by atoms with E-state index in [1.54, 1.807) is 13.1 Å². The van der Waals surface area contributed by atoms with Gasteiger partial charge in [0.05, 0.1) is 11.3 Å². The van der Waals surface area contributed by atoms with Gasteiger partial charge in [0.25, 0.3) is 5.56 Å². The molecular formula is C23H19N3O3. The van der Waals surface area contributed by atoms with Gasteiger partial charge in [0.15, 0.2) is 5.78 Å². The van der Waals surface area contributed by atoms with E-state index >= 15 is 0 Å². The third kappa shape index (κ3) is 2.38. The first kappa shape index (κ1) is 17.4. The summed E-state index contributed by atoms with van der Waals surface area (Å²) in [5.41, 5.74) is 4.05. The first-order valence-corrected chi connectivity index (χ1v) is 9.58. The third-order valence-corrected chi connectivity index (χ3v) is 5.86. The lowest BCUT2D eigenvalue weighted by molar-refractivity contribution is 0.103. The highest BCUT2D eigenvalue weighted by Gasteiger charge is 2.42. The lowest BCUT2D eigenvalue weighted by Crippen LogP contribution is -2.37. The van der Waals surface area contributed by atoms with Crippen molar-refractivity contribution in [3.63, 3.8) is 0 Å². The average Bonchev–Trinajstić information content (AvgIpc) is 3.03. The van der Waals surface area contributed by atoms with Crippen molar-refractivity contribution in [2.45, 2.75) is 19.3 Å². The number of aryl methyl sites for hydroxylation is 1. The molecule has 3 aromatic rings. The number of carbonyl (C=O) groups is 1. The Hall–Kier alpha value is -3.67. The van der Waals surface area contributed by atoms with E-state index in [0.717, 1.165) is 17.5 Å². The van der Waals surface area contributed by atoms with Crippen molar-refractivity contribution >= 4 is 17.3 Å². The van der Waals surface area contributed by atoms with Crippen LogP contribution in [0.3, 0.4) is 0 Å². The molecule has 0 amide bonds. The molecule has 6 heteroatoms. The smallest absolute Gasteiger partial charge is 0.329 e. The number of rotatable bonds is 2. The number of aromatic amines is 1. The molecule has 6 nitrogen and oxygen atoms in total. The summed E-state index contributed by atoms with van der Waals surface area (Å²) in [6, 6.07) is 15.3. The Kier molecular flexibility index (Phi) is 3.71. The van der Waals surface area contributed by atoms with Gasteiger partial charge in [-0.1, -0.05) is 55.5 Å². The molecule has 144 valence electrons. The van der Waals surface area contributed by atoms with E-state index < -0.39 is 17.2 Å². The van der Waals surface area contributed by atoms with Crippen LogP contribution < -0.4 is 16.6 Å². The first-order valence-electron chi connectivity index (χ1n) is 9.58. The van der Waals surface area contributed by atoms with Gasteiger partial charge in [-0.2, -0.15) is 0 Å². The van der Waals surface area contributed by atoms with Crippen LogP contribution in [0.2, 0.25) is 0 Å². The molecule has 1 aliphatic heterocycles. The van der Waals surface area contributed by atoms with Crippen molar-refractivity contribution in [2.75, 3.05) is 5.32 Å². The molecule has 1 aliphatic carbocycles. The number of H-pyrrole nitrogens is 1. The van der Waals surface area contributed by atoms with Gasteiger partial charge in [-0.05, 0) is 17.5 Å². The summed E-state index contributed by atoms with van der Waals surface area (Å²) >= 11 is 0. The number of ketones is 1. The number of fused-ring (bicyclic) bond motifs is 3. The molecule has 5 rings (SSSR count). The van der Waals surface area contributed by atoms with E-state index in [-0.39, 0.29) is 5.78 Å². The highest BCUT2D eigenvalue weighted by Crippen LogP contribution is 2.47. The predicted molar refractivity (Wildman–Crippen MR) is 111 cm³/mol. The molecule has 1 aromatic heterocycles. The summed E-state index contributed by atoms with van der Waals surface area (Å²) in [6.45, 7) is 2.08. The summed E-state index contributed by atoms with van der Waals surface area (Å²) in [4.78, 5) is 40.8. The number of benzene rings is 2. The quantitative estimate of drug-likeness (QED) is 0.711. The van der Waals surface area contributed by atoms with Crippen LogP contribution in [0.5, 0.6) is 0 Å². The summed E-state index contributed by atoms with van der Waals surface area (Å²) in [7, 11) is 1.61. The fourth-order valence-corrected chi connectivity index (χ4v) is 4.31. The molecule has 0 unspecified atom stereocenters. The maximum Gasteiger partial charge on any atom is 0.329 e. The topological polar surface area (TPSA) is 84.0 Å². The Morgan fingerprint density at radius 3 is 2.34 bits per heavy atom. The van der Waals surface area contributed by atoms with E-state index in [9.17, 15) is 14.4 Å². The zero-order valence-corrected chi connectivity index (χ0v) is 16.1. The molecule has 29 heavy (non-hydrogen) atoms. The number of hydrogen-bond acceptors (Lipinski definition) is 4. The highest BCUT2D eigenvalue weighted by atomic mass is 16.2. The minimum Gasteiger partial charge on any atom is -0.340 e. The van der Waals surface area contributed by atoms with Gasteiger partial charge < -0.3 is 5.32 Å². The molecule has 2 N–H and O–H groups in total. The molecule has 0 saturated heterocycles. The maximum absolute atomic E-state index is 13.3. The third-order valence-electron chi connectivity index (χ3n) is 5.86. The van der Waals surface area contributed by atoms with Crippen molar-refractivity contribution in [3.05, 3.63) is 103 Å². The lowest BCUT2D eigenvalue weighted by Gasteiger charge is -2.29. The van der Waals surface area contributed by atoms with Crippen LogP contribution >= 0.6 is 0 Å². The van der Waals surface area contributed by atoms with Gasteiger partial charge in [-0.25, -0.2) is 4.79 Å². The Morgan fingerprint density at radius 1 is 0.966 bits per heavy atom. The number of aromatic nitrogens is 2. The molecule has 0 spiro atoms. The second-order valence-corrected chi connectivity index (χ2v) is 7.40. The van der Waals surface area contributed by atoms with Crippen molar-refractivity contribution in [1.82, 2.24) is 9.55 Å². The van der Waals surface area contributed by atoms with Gasteiger partial charge in [0.2, 0.25) is 0 Å². The van der Waals surface area contributed by atoms with Crippen LogP contribution in [-0.4, -0.2) is 15.3 Å². The van der Waals surface area contributed by atoms with Crippen molar-refractivity contribution in [2.24, 2.45) is 7.05 Å². The minimum atomic E-state index is -0.553.